The van der Waals surface area contributed by atoms with E-state index < -0.39 is 16.9 Å². The molecule has 0 unspecified atom stereocenters. The second kappa shape index (κ2) is 4.22. The van der Waals surface area contributed by atoms with Gasteiger partial charge in [-0.25, -0.2) is 13.6 Å². The zero-order valence-electron chi connectivity index (χ0n) is 9.19. The van der Waals surface area contributed by atoms with Crippen molar-refractivity contribution in [1.29, 1.82) is 0 Å². The Bertz CT molecular complexity index is 532. The molecule has 1 saturated carbocycles. The second-order valence-corrected chi connectivity index (χ2v) is 4.18. The van der Waals surface area contributed by atoms with Crippen LogP contribution in [-0.4, -0.2) is 16.9 Å². The van der Waals surface area contributed by atoms with Gasteiger partial charge in [0.15, 0.2) is 5.69 Å². The lowest BCUT2D eigenvalue weighted by Crippen LogP contribution is -2.44. The van der Waals surface area contributed by atoms with Gasteiger partial charge in [0, 0.05) is 24.9 Å². The molecule has 1 aliphatic rings. The molecule has 94 valence electrons. The molecule has 0 heterocycles. The highest BCUT2D eigenvalue weighted by molar-refractivity contribution is 5.69. The number of nitro benzene ring substituents is 1. The molecule has 0 atom stereocenters. The van der Waals surface area contributed by atoms with Gasteiger partial charge in [-0.05, 0) is 12.1 Å². The number of nitrogens with zero attached hydrogens (tertiary/aromatic N) is 2. The number of anilines is 1. The Kier molecular flexibility index (Phi) is 2.87. The van der Waals surface area contributed by atoms with Gasteiger partial charge in [-0.2, -0.15) is 0 Å². The van der Waals surface area contributed by atoms with Crippen molar-refractivity contribution in [2.75, 3.05) is 5.32 Å². The molecular weight excluding hydrogens is 244 g/mol. The van der Waals surface area contributed by atoms with Crippen molar-refractivity contribution in [3.63, 3.8) is 0 Å². The van der Waals surface area contributed by atoms with E-state index in [0.29, 0.717) is 0 Å². The van der Waals surface area contributed by atoms with Gasteiger partial charge in [0.25, 0.3) is 11.6 Å². The van der Waals surface area contributed by atoms with Gasteiger partial charge < -0.3 is 5.32 Å². The molecule has 0 spiro atoms. The molecule has 0 bridgehead atoms. The minimum atomic E-state index is -2.69. The van der Waals surface area contributed by atoms with E-state index in [2.05, 4.69) is 10.2 Å². The van der Waals surface area contributed by atoms with Crippen LogP contribution >= 0.6 is 0 Å². The Morgan fingerprint density at radius 1 is 1.50 bits per heavy atom. The fraction of sp³-hybridized carbons (Fsp3) is 0.364. The highest BCUT2D eigenvalue weighted by Gasteiger charge is 2.45. The van der Waals surface area contributed by atoms with Crippen molar-refractivity contribution in [2.45, 2.75) is 24.8 Å². The summed E-state index contributed by atoms with van der Waals surface area (Å²) in [6.45, 7) is 6.83. The summed E-state index contributed by atoms with van der Waals surface area (Å²) in [6, 6.07) is 3.35. The van der Waals surface area contributed by atoms with Crippen LogP contribution in [-0.2, 0) is 0 Å². The van der Waals surface area contributed by atoms with E-state index in [9.17, 15) is 18.9 Å². The maximum atomic E-state index is 12.7. The Hall–Kier alpha value is -2.23. The standard InChI is InChI=1S/C11H9F2N3O2/c1-14-7-2-3-10(16(17)18)9(4-7)15-8-5-11(12,13)6-8/h2-4,8,15H,5-6H2. The van der Waals surface area contributed by atoms with Crippen LogP contribution in [0.4, 0.5) is 25.8 Å². The quantitative estimate of drug-likeness (QED) is 0.510. The van der Waals surface area contributed by atoms with Crippen molar-refractivity contribution in [2.24, 2.45) is 0 Å². The van der Waals surface area contributed by atoms with Gasteiger partial charge in [-0.15, -0.1) is 0 Å². The predicted molar refractivity (Wildman–Crippen MR) is 61.0 cm³/mol. The van der Waals surface area contributed by atoms with Crippen molar-refractivity contribution in [3.05, 3.63) is 39.7 Å². The predicted octanol–water partition coefficient (Wildman–Crippen LogP) is 3.36. The molecule has 1 fully saturated rings. The molecular formula is C11H9F2N3O2. The molecule has 2 rings (SSSR count). The third kappa shape index (κ3) is 2.37. The lowest BCUT2D eigenvalue weighted by molar-refractivity contribution is -0.384. The van der Waals surface area contributed by atoms with Crippen molar-refractivity contribution in [1.82, 2.24) is 0 Å². The van der Waals surface area contributed by atoms with Gasteiger partial charge in [-0.1, -0.05) is 0 Å². The van der Waals surface area contributed by atoms with Crippen LogP contribution in [0.25, 0.3) is 4.85 Å². The maximum Gasteiger partial charge on any atom is 0.289 e. The topological polar surface area (TPSA) is 59.5 Å². The second-order valence-electron chi connectivity index (χ2n) is 4.18. The van der Waals surface area contributed by atoms with Gasteiger partial charge in [0.1, 0.15) is 5.69 Å². The van der Waals surface area contributed by atoms with Crippen LogP contribution in [0, 0.1) is 16.7 Å². The monoisotopic (exact) mass is 253 g/mol. The molecule has 0 aliphatic heterocycles. The van der Waals surface area contributed by atoms with E-state index >= 15 is 0 Å². The summed E-state index contributed by atoms with van der Waals surface area (Å²) in [5, 5.41) is 13.5. The third-order valence-electron chi connectivity index (χ3n) is 2.76. The highest BCUT2D eigenvalue weighted by Crippen LogP contribution is 2.40. The van der Waals surface area contributed by atoms with E-state index in [0.717, 1.165) is 0 Å². The Morgan fingerprint density at radius 2 is 2.17 bits per heavy atom. The van der Waals surface area contributed by atoms with Gasteiger partial charge >= 0.3 is 0 Å². The first-order valence-corrected chi connectivity index (χ1v) is 5.21. The molecule has 1 aromatic carbocycles. The summed E-state index contributed by atoms with van der Waals surface area (Å²) in [4.78, 5) is 13.3. The van der Waals surface area contributed by atoms with Gasteiger partial charge in [0.2, 0.25) is 0 Å². The maximum absolute atomic E-state index is 12.7. The van der Waals surface area contributed by atoms with Gasteiger partial charge in [-0.3, -0.25) is 10.1 Å². The molecule has 0 aromatic heterocycles. The van der Waals surface area contributed by atoms with Crippen LogP contribution < -0.4 is 5.32 Å². The normalized spacial score (nSPS) is 17.6. The van der Waals surface area contributed by atoms with Crippen LogP contribution in [0.1, 0.15) is 12.8 Å². The molecule has 0 radical (unpaired) electrons. The van der Waals surface area contributed by atoms with E-state index in [1.54, 1.807) is 0 Å². The van der Waals surface area contributed by atoms with Crippen LogP contribution in [0.3, 0.4) is 0 Å². The van der Waals surface area contributed by atoms with E-state index in [1.165, 1.54) is 18.2 Å². The molecule has 18 heavy (non-hydrogen) atoms. The summed E-state index contributed by atoms with van der Waals surface area (Å²) in [6.07, 6.45) is -0.682. The Labute approximate surface area is 101 Å². The zero-order chi connectivity index (χ0) is 13.3. The number of halogens is 2. The number of nitrogens with one attached hydrogen (secondary N) is 1. The molecule has 0 amide bonds. The van der Waals surface area contributed by atoms with Crippen LogP contribution in [0.2, 0.25) is 0 Å². The summed E-state index contributed by atoms with van der Waals surface area (Å²) < 4.78 is 25.3. The van der Waals surface area contributed by atoms with E-state index in [4.69, 9.17) is 6.57 Å². The lowest BCUT2D eigenvalue weighted by atomic mass is 9.88. The third-order valence-corrected chi connectivity index (χ3v) is 2.76. The number of hydrogen-bond donors (Lipinski definition) is 1. The fourth-order valence-corrected chi connectivity index (χ4v) is 1.85. The van der Waals surface area contributed by atoms with Crippen molar-refractivity contribution >= 4 is 17.1 Å². The molecule has 7 heteroatoms. The number of rotatable bonds is 3. The van der Waals surface area contributed by atoms with E-state index in [-0.39, 0.29) is 29.9 Å². The average Bonchev–Trinajstić information content (AvgIpc) is 2.26. The molecule has 1 aliphatic carbocycles. The highest BCUT2D eigenvalue weighted by atomic mass is 19.3. The number of nitro groups is 1. The first kappa shape index (κ1) is 12.2. The lowest BCUT2D eigenvalue weighted by Gasteiger charge is -2.35. The Morgan fingerprint density at radius 3 is 2.67 bits per heavy atom. The molecule has 1 aromatic rings. The molecule has 1 N–H and O–H groups in total. The number of alkyl halides is 2. The first-order valence-electron chi connectivity index (χ1n) is 5.21. The Balaban J connectivity index is 2.20. The van der Waals surface area contributed by atoms with Crippen molar-refractivity contribution in [3.8, 4) is 0 Å². The SMILES string of the molecule is [C-]#[N+]c1ccc([N+](=O)[O-])c(NC2CC(F)(F)C2)c1. The first-order chi connectivity index (χ1) is 8.41. The van der Waals surface area contributed by atoms with Crippen molar-refractivity contribution < 1.29 is 13.7 Å². The molecule has 0 saturated heterocycles. The van der Waals surface area contributed by atoms with E-state index in [1.807, 2.05) is 0 Å². The van der Waals surface area contributed by atoms with Crippen LogP contribution in [0.15, 0.2) is 18.2 Å². The summed E-state index contributed by atoms with van der Waals surface area (Å²) >= 11 is 0. The average molecular weight is 253 g/mol. The summed E-state index contributed by atoms with van der Waals surface area (Å²) in [7, 11) is 0. The van der Waals surface area contributed by atoms with Gasteiger partial charge in [0.05, 0.1) is 11.5 Å². The van der Waals surface area contributed by atoms with Crippen LogP contribution in [0.5, 0.6) is 0 Å². The number of benzene rings is 1. The smallest absolute Gasteiger partial charge is 0.289 e. The summed E-state index contributed by atoms with van der Waals surface area (Å²) in [5.74, 6) is -2.69. The minimum Gasteiger partial charge on any atom is -0.377 e. The number of hydrogen-bond acceptors (Lipinski definition) is 3. The molecule has 5 nitrogen and oxygen atoms in total. The summed E-state index contributed by atoms with van der Waals surface area (Å²) in [5.41, 5.74) is 0.140. The fourth-order valence-electron chi connectivity index (χ4n) is 1.85. The minimum absolute atomic E-state index is 0.119. The zero-order valence-corrected chi connectivity index (χ0v) is 9.19. The largest absolute Gasteiger partial charge is 0.377 e.